The summed E-state index contributed by atoms with van der Waals surface area (Å²) in [5.74, 6) is 0.122. The Bertz CT molecular complexity index is 184. The third kappa shape index (κ3) is 2.60. The number of halogens is 1. The molecule has 0 aromatic heterocycles. The molecule has 1 amide bonds. The Hall–Kier alpha value is -0.240. The van der Waals surface area contributed by atoms with Crippen molar-refractivity contribution < 1.29 is 4.79 Å². The number of nitrogens with zero attached hydrogens (tertiary/aromatic N) is 1. The lowest BCUT2D eigenvalue weighted by molar-refractivity contribution is -0.134. The molecule has 2 nitrogen and oxygen atoms in total. The van der Waals surface area contributed by atoms with Gasteiger partial charge in [0, 0.05) is 12.6 Å². The second-order valence-corrected chi connectivity index (χ2v) is 4.28. The molecule has 76 valence electrons. The third-order valence-corrected chi connectivity index (χ3v) is 3.21. The lowest BCUT2D eigenvalue weighted by Gasteiger charge is -2.34. The fraction of sp³-hybridized carbons (Fsp3) is 0.900. The van der Waals surface area contributed by atoms with Crippen LogP contribution >= 0.6 is 11.6 Å². The Morgan fingerprint density at radius 2 is 2.31 bits per heavy atom. The second kappa shape index (κ2) is 4.85. The third-order valence-electron chi connectivity index (χ3n) is 2.71. The first-order valence-corrected chi connectivity index (χ1v) is 5.55. The summed E-state index contributed by atoms with van der Waals surface area (Å²) in [6.07, 6.45) is 4.22. The van der Waals surface area contributed by atoms with E-state index in [4.69, 9.17) is 11.6 Å². The van der Waals surface area contributed by atoms with E-state index in [2.05, 4.69) is 6.92 Å². The molecular weight excluding hydrogens is 186 g/mol. The number of piperidine rings is 1. The molecule has 0 spiro atoms. The molecule has 1 fully saturated rings. The normalized spacial score (nSPS) is 25.8. The minimum atomic E-state index is -0.319. The number of amides is 1. The van der Waals surface area contributed by atoms with E-state index in [1.807, 2.05) is 11.8 Å². The van der Waals surface area contributed by atoms with E-state index in [0.717, 1.165) is 25.8 Å². The highest BCUT2D eigenvalue weighted by Crippen LogP contribution is 2.19. The maximum Gasteiger partial charge on any atom is 0.240 e. The molecule has 0 N–H and O–H groups in total. The first kappa shape index (κ1) is 10.8. The summed E-state index contributed by atoms with van der Waals surface area (Å²) >= 11 is 5.92. The van der Waals surface area contributed by atoms with Crippen LogP contribution in [0, 0.1) is 0 Å². The van der Waals surface area contributed by atoms with Crippen molar-refractivity contribution >= 4 is 17.5 Å². The van der Waals surface area contributed by atoms with Gasteiger partial charge in [-0.25, -0.2) is 0 Å². The SMILES string of the molecule is CC[C@@H](Cl)C(=O)N1CCCC[C@H]1C. The van der Waals surface area contributed by atoms with Gasteiger partial charge in [0.25, 0.3) is 0 Å². The molecular formula is C10H18ClNO. The molecule has 1 heterocycles. The maximum absolute atomic E-state index is 11.7. The summed E-state index contributed by atoms with van der Waals surface area (Å²) in [6, 6.07) is 0.383. The van der Waals surface area contributed by atoms with Crippen molar-refractivity contribution in [2.75, 3.05) is 6.54 Å². The zero-order chi connectivity index (χ0) is 9.84. The van der Waals surface area contributed by atoms with E-state index >= 15 is 0 Å². The summed E-state index contributed by atoms with van der Waals surface area (Å²) in [5.41, 5.74) is 0. The molecule has 0 radical (unpaired) electrons. The largest absolute Gasteiger partial charge is 0.339 e. The van der Waals surface area contributed by atoms with Crippen molar-refractivity contribution in [1.29, 1.82) is 0 Å². The molecule has 3 heteroatoms. The summed E-state index contributed by atoms with van der Waals surface area (Å²) in [4.78, 5) is 13.7. The van der Waals surface area contributed by atoms with E-state index in [1.165, 1.54) is 6.42 Å². The van der Waals surface area contributed by atoms with Gasteiger partial charge >= 0.3 is 0 Å². The van der Waals surface area contributed by atoms with E-state index < -0.39 is 0 Å². The number of hydrogen-bond donors (Lipinski definition) is 0. The van der Waals surface area contributed by atoms with Crippen LogP contribution in [0.5, 0.6) is 0 Å². The summed E-state index contributed by atoms with van der Waals surface area (Å²) in [7, 11) is 0. The van der Waals surface area contributed by atoms with Crippen LogP contribution in [0.1, 0.15) is 39.5 Å². The van der Waals surface area contributed by atoms with Crippen molar-refractivity contribution in [1.82, 2.24) is 4.90 Å². The number of carbonyl (C=O) groups is 1. The average Bonchev–Trinajstić information content (AvgIpc) is 2.16. The molecule has 0 aliphatic carbocycles. The van der Waals surface area contributed by atoms with Gasteiger partial charge in [-0.05, 0) is 32.6 Å². The molecule has 0 aromatic rings. The molecule has 2 atom stereocenters. The van der Waals surface area contributed by atoms with Crippen LogP contribution < -0.4 is 0 Å². The highest BCUT2D eigenvalue weighted by Gasteiger charge is 2.26. The van der Waals surface area contributed by atoms with Gasteiger partial charge in [0.1, 0.15) is 5.38 Å². The highest BCUT2D eigenvalue weighted by atomic mass is 35.5. The van der Waals surface area contributed by atoms with E-state index in [0.29, 0.717) is 6.04 Å². The first-order valence-electron chi connectivity index (χ1n) is 5.11. The van der Waals surface area contributed by atoms with Gasteiger partial charge in [-0.2, -0.15) is 0 Å². The van der Waals surface area contributed by atoms with Crippen molar-refractivity contribution in [2.24, 2.45) is 0 Å². The van der Waals surface area contributed by atoms with Crippen molar-refractivity contribution in [2.45, 2.75) is 50.9 Å². The predicted molar refractivity (Wildman–Crippen MR) is 55.0 cm³/mol. The number of likely N-dealkylation sites (tertiary alicyclic amines) is 1. The highest BCUT2D eigenvalue weighted by molar-refractivity contribution is 6.30. The number of alkyl halides is 1. The van der Waals surface area contributed by atoms with Crippen molar-refractivity contribution in [3.05, 3.63) is 0 Å². The van der Waals surface area contributed by atoms with Crippen LogP contribution in [0.15, 0.2) is 0 Å². The fourth-order valence-electron chi connectivity index (χ4n) is 1.78. The minimum Gasteiger partial charge on any atom is -0.339 e. The summed E-state index contributed by atoms with van der Waals surface area (Å²) < 4.78 is 0. The zero-order valence-electron chi connectivity index (χ0n) is 8.42. The monoisotopic (exact) mass is 203 g/mol. The smallest absolute Gasteiger partial charge is 0.240 e. The standard InChI is InChI=1S/C10H18ClNO/c1-3-9(11)10(13)12-7-5-4-6-8(12)2/h8-9H,3-7H2,1-2H3/t8-,9-/m1/s1. The molecule has 1 saturated heterocycles. The Kier molecular flexibility index (Phi) is 4.04. The van der Waals surface area contributed by atoms with Gasteiger partial charge in [0.05, 0.1) is 0 Å². The van der Waals surface area contributed by atoms with Crippen molar-refractivity contribution in [3.63, 3.8) is 0 Å². The van der Waals surface area contributed by atoms with Crippen LogP contribution in [0.4, 0.5) is 0 Å². The van der Waals surface area contributed by atoms with Crippen LogP contribution in [-0.4, -0.2) is 28.8 Å². The maximum atomic E-state index is 11.7. The van der Waals surface area contributed by atoms with E-state index in [1.54, 1.807) is 0 Å². The summed E-state index contributed by atoms with van der Waals surface area (Å²) in [6.45, 7) is 4.95. The van der Waals surface area contributed by atoms with Gasteiger partial charge in [0.15, 0.2) is 0 Å². The van der Waals surface area contributed by atoms with Gasteiger partial charge in [-0.15, -0.1) is 11.6 Å². The Morgan fingerprint density at radius 1 is 1.62 bits per heavy atom. The molecule has 1 aliphatic heterocycles. The van der Waals surface area contributed by atoms with Crippen LogP contribution in [-0.2, 0) is 4.79 Å². The molecule has 0 bridgehead atoms. The van der Waals surface area contributed by atoms with Gasteiger partial charge < -0.3 is 4.90 Å². The molecule has 0 unspecified atom stereocenters. The lowest BCUT2D eigenvalue weighted by atomic mass is 10.0. The topological polar surface area (TPSA) is 20.3 Å². The van der Waals surface area contributed by atoms with Gasteiger partial charge in [-0.1, -0.05) is 6.92 Å². The zero-order valence-corrected chi connectivity index (χ0v) is 9.18. The summed E-state index contributed by atoms with van der Waals surface area (Å²) in [5, 5.41) is -0.319. The van der Waals surface area contributed by atoms with Crippen LogP contribution in [0.2, 0.25) is 0 Å². The van der Waals surface area contributed by atoms with Crippen LogP contribution in [0.3, 0.4) is 0 Å². The predicted octanol–water partition coefficient (Wildman–Crippen LogP) is 2.40. The van der Waals surface area contributed by atoms with Crippen LogP contribution in [0.25, 0.3) is 0 Å². The fourth-order valence-corrected chi connectivity index (χ4v) is 1.91. The molecule has 0 aromatic carbocycles. The Labute approximate surface area is 85.2 Å². The molecule has 0 saturated carbocycles. The van der Waals surface area contributed by atoms with E-state index in [9.17, 15) is 4.79 Å². The number of hydrogen-bond acceptors (Lipinski definition) is 1. The molecule has 1 aliphatic rings. The van der Waals surface area contributed by atoms with Crippen molar-refractivity contribution in [3.8, 4) is 0 Å². The Morgan fingerprint density at radius 3 is 2.85 bits per heavy atom. The minimum absolute atomic E-state index is 0.122. The number of carbonyl (C=O) groups excluding carboxylic acids is 1. The number of rotatable bonds is 2. The lowest BCUT2D eigenvalue weighted by Crippen LogP contribution is -2.45. The average molecular weight is 204 g/mol. The Balaban J connectivity index is 2.53. The second-order valence-electron chi connectivity index (χ2n) is 3.75. The van der Waals surface area contributed by atoms with Gasteiger partial charge in [-0.3, -0.25) is 4.79 Å². The first-order chi connectivity index (χ1) is 6.16. The van der Waals surface area contributed by atoms with E-state index in [-0.39, 0.29) is 11.3 Å². The molecule has 13 heavy (non-hydrogen) atoms. The molecule has 1 rings (SSSR count). The quantitative estimate of drug-likeness (QED) is 0.632. The van der Waals surface area contributed by atoms with Gasteiger partial charge in [0.2, 0.25) is 5.91 Å².